The van der Waals surface area contributed by atoms with Gasteiger partial charge in [0, 0.05) is 5.56 Å². The predicted molar refractivity (Wildman–Crippen MR) is 45.9 cm³/mol. The number of carbonyl (C=O) groups excluding carboxylic acids is 1. The Labute approximate surface area is 71.2 Å². The van der Waals surface area contributed by atoms with Crippen LogP contribution in [-0.4, -0.2) is 6.29 Å². The summed E-state index contributed by atoms with van der Waals surface area (Å²) in [6.07, 6.45) is 1.45. The number of carbonyl (C=O) groups is 1. The molecule has 0 spiro atoms. The van der Waals surface area contributed by atoms with Crippen LogP contribution in [0.4, 0.5) is 4.39 Å². The van der Waals surface area contributed by atoms with Gasteiger partial charge in [-0.15, -0.1) is 0 Å². The second-order valence-electron chi connectivity index (χ2n) is 2.75. The summed E-state index contributed by atoms with van der Waals surface area (Å²) in [5, 5.41) is 0. The minimum absolute atomic E-state index is 0.334. The smallest absolute Gasteiger partial charge is 0.150 e. The van der Waals surface area contributed by atoms with Crippen molar-refractivity contribution < 1.29 is 9.18 Å². The normalized spacial score (nSPS) is 9.92. The van der Waals surface area contributed by atoms with Crippen LogP contribution in [0, 0.1) is 12.7 Å². The van der Waals surface area contributed by atoms with E-state index in [1.54, 1.807) is 0 Å². The van der Waals surface area contributed by atoms with Gasteiger partial charge < -0.3 is 0 Å². The van der Waals surface area contributed by atoms with Gasteiger partial charge in [-0.1, -0.05) is 6.92 Å². The van der Waals surface area contributed by atoms with Crippen molar-refractivity contribution >= 4 is 6.29 Å². The standard InChI is InChI=1S/C10H11FO/c1-3-8-4-10(11)5-9(6-12)7(8)2/h4-6H,3H2,1-2H3. The summed E-state index contributed by atoms with van der Waals surface area (Å²) in [5.74, 6) is -0.334. The van der Waals surface area contributed by atoms with Crippen LogP contribution in [-0.2, 0) is 6.42 Å². The van der Waals surface area contributed by atoms with Crippen LogP contribution in [0.2, 0.25) is 0 Å². The Kier molecular flexibility index (Phi) is 2.58. The Morgan fingerprint density at radius 1 is 1.50 bits per heavy atom. The van der Waals surface area contributed by atoms with Crippen molar-refractivity contribution in [3.63, 3.8) is 0 Å². The van der Waals surface area contributed by atoms with Gasteiger partial charge in [0.15, 0.2) is 0 Å². The fraction of sp³-hybridized carbons (Fsp3) is 0.300. The number of hydrogen-bond acceptors (Lipinski definition) is 1. The highest BCUT2D eigenvalue weighted by Crippen LogP contribution is 2.15. The van der Waals surface area contributed by atoms with Crippen LogP contribution in [0.15, 0.2) is 12.1 Å². The minimum Gasteiger partial charge on any atom is -0.298 e. The van der Waals surface area contributed by atoms with Gasteiger partial charge in [-0.25, -0.2) is 4.39 Å². The molecule has 12 heavy (non-hydrogen) atoms. The van der Waals surface area contributed by atoms with Gasteiger partial charge in [0.1, 0.15) is 12.1 Å². The SMILES string of the molecule is CCc1cc(F)cc(C=O)c1C. The molecule has 1 aromatic rings. The van der Waals surface area contributed by atoms with Crippen LogP contribution in [0.1, 0.15) is 28.4 Å². The first kappa shape index (κ1) is 8.91. The van der Waals surface area contributed by atoms with Crippen LogP contribution in [0.25, 0.3) is 0 Å². The number of hydrogen-bond donors (Lipinski definition) is 0. The number of halogens is 1. The molecule has 0 aliphatic heterocycles. The zero-order valence-electron chi connectivity index (χ0n) is 7.23. The molecule has 1 nitrogen and oxygen atoms in total. The van der Waals surface area contributed by atoms with Gasteiger partial charge in [0.25, 0.3) is 0 Å². The Balaban J connectivity index is 3.31. The lowest BCUT2D eigenvalue weighted by atomic mass is 10.0. The first-order valence-corrected chi connectivity index (χ1v) is 3.93. The lowest BCUT2D eigenvalue weighted by Crippen LogP contribution is -1.95. The summed E-state index contributed by atoms with van der Waals surface area (Å²) in [5.41, 5.74) is 2.23. The molecule has 0 radical (unpaired) electrons. The average Bonchev–Trinajstić information content (AvgIpc) is 2.08. The highest BCUT2D eigenvalue weighted by atomic mass is 19.1. The van der Waals surface area contributed by atoms with Crippen LogP contribution >= 0.6 is 0 Å². The van der Waals surface area contributed by atoms with E-state index in [2.05, 4.69) is 0 Å². The maximum atomic E-state index is 12.8. The van der Waals surface area contributed by atoms with E-state index < -0.39 is 0 Å². The van der Waals surface area contributed by atoms with Gasteiger partial charge >= 0.3 is 0 Å². The van der Waals surface area contributed by atoms with Crippen molar-refractivity contribution in [2.24, 2.45) is 0 Å². The Morgan fingerprint density at radius 3 is 2.67 bits per heavy atom. The molecule has 0 heterocycles. The fourth-order valence-corrected chi connectivity index (χ4v) is 1.25. The number of aldehydes is 1. The first-order chi connectivity index (χ1) is 5.69. The largest absolute Gasteiger partial charge is 0.298 e. The zero-order chi connectivity index (χ0) is 9.14. The Bertz CT molecular complexity index is 305. The molecule has 0 saturated carbocycles. The number of aryl methyl sites for hydroxylation is 1. The van der Waals surface area contributed by atoms with E-state index in [1.165, 1.54) is 12.1 Å². The monoisotopic (exact) mass is 166 g/mol. The van der Waals surface area contributed by atoms with E-state index >= 15 is 0 Å². The summed E-state index contributed by atoms with van der Waals surface area (Å²) >= 11 is 0. The zero-order valence-corrected chi connectivity index (χ0v) is 7.23. The third-order valence-electron chi connectivity index (χ3n) is 2.03. The van der Waals surface area contributed by atoms with Crippen molar-refractivity contribution in [1.82, 2.24) is 0 Å². The highest BCUT2D eigenvalue weighted by molar-refractivity contribution is 5.77. The minimum atomic E-state index is -0.334. The van der Waals surface area contributed by atoms with E-state index in [0.29, 0.717) is 11.8 Å². The number of benzene rings is 1. The molecule has 1 rings (SSSR count). The maximum absolute atomic E-state index is 12.8. The lowest BCUT2D eigenvalue weighted by Gasteiger charge is -2.05. The van der Waals surface area contributed by atoms with Crippen LogP contribution in [0.3, 0.4) is 0 Å². The van der Waals surface area contributed by atoms with Gasteiger partial charge in [-0.3, -0.25) is 4.79 Å². The third-order valence-corrected chi connectivity index (χ3v) is 2.03. The molecule has 2 heteroatoms. The van der Waals surface area contributed by atoms with E-state index in [9.17, 15) is 9.18 Å². The van der Waals surface area contributed by atoms with Gasteiger partial charge in [-0.05, 0) is 36.6 Å². The second-order valence-corrected chi connectivity index (χ2v) is 2.75. The van der Waals surface area contributed by atoms with Gasteiger partial charge in [-0.2, -0.15) is 0 Å². The van der Waals surface area contributed by atoms with Crippen molar-refractivity contribution in [3.05, 3.63) is 34.6 Å². The lowest BCUT2D eigenvalue weighted by molar-refractivity contribution is 0.112. The van der Waals surface area contributed by atoms with E-state index in [1.807, 2.05) is 13.8 Å². The molecule has 0 aliphatic rings. The van der Waals surface area contributed by atoms with Gasteiger partial charge in [0.05, 0.1) is 0 Å². The summed E-state index contributed by atoms with van der Waals surface area (Å²) < 4.78 is 12.8. The third kappa shape index (κ3) is 1.52. The van der Waals surface area contributed by atoms with Crippen LogP contribution < -0.4 is 0 Å². The highest BCUT2D eigenvalue weighted by Gasteiger charge is 2.04. The molecule has 0 amide bonds. The van der Waals surface area contributed by atoms with Crippen molar-refractivity contribution in [1.29, 1.82) is 0 Å². The van der Waals surface area contributed by atoms with E-state index in [0.717, 1.165) is 17.5 Å². The molecule has 0 N–H and O–H groups in total. The Hall–Kier alpha value is -1.18. The molecule has 0 atom stereocenters. The number of rotatable bonds is 2. The summed E-state index contributed by atoms with van der Waals surface area (Å²) in [7, 11) is 0. The molecule has 0 bridgehead atoms. The quantitative estimate of drug-likeness (QED) is 0.617. The van der Waals surface area contributed by atoms with Crippen molar-refractivity contribution in [2.75, 3.05) is 0 Å². The molecule has 0 saturated heterocycles. The van der Waals surface area contributed by atoms with Crippen molar-refractivity contribution in [3.8, 4) is 0 Å². The summed E-state index contributed by atoms with van der Waals surface area (Å²) in [6.45, 7) is 3.78. The van der Waals surface area contributed by atoms with E-state index in [-0.39, 0.29) is 5.82 Å². The molecular weight excluding hydrogens is 155 g/mol. The molecule has 0 aliphatic carbocycles. The maximum Gasteiger partial charge on any atom is 0.150 e. The molecule has 0 aromatic heterocycles. The summed E-state index contributed by atoms with van der Waals surface area (Å²) in [4.78, 5) is 10.5. The molecule has 0 unspecified atom stereocenters. The Morgan fingerprint density at radius 2 is 2.17 bits per heavy atom. The molecule has 64 valence electrons. The average molecular weight is 166 g/mol. The fourth-order valence-electron chi connectivity index (χ4n) is 1.25. The molecular formula is C10H11FO. The predicted octanol–water partition coefficient (Wildman–Crippen LogP) is 2.51. The summed E-state index contributed by atoms with van der Waals surface area (Å²) in [6, 6.07) is 2.74. The second kappa shape index (κ2) is 3.48. The van der Waals surface area contributed by atoms with E-state index in [4.69, 9.17) is 0 Å². The first-order valence-electron chi connectivity index (χ1n) is 3.93. The van der Waals surface area contributed by atoms with Crippen molar-refractivity contribution in [2.45, 2.75) is 20.3 Å². The van der Waals surface area contributed by atoms with Gasteiger partial charge in [0.2, 0.25) is 0 Å². The van der Waals surface area contributed by atoms with Crippen LogP contribution in [0.5, 0.6) is 0 Å². The molecule has 1 aromatic carbocycles. The topological polar surface area (TPSA) is 17.1 Å². The molecule has 0 fully saturated rings.